The second-order valence-electron chi connectivity index (χ2n) is 9.91. The quantitative estimate of drug-likeness (QED) is 0.742. The number of rotatable bonds is 2. The van der Waals surface area contributed by atoms with Crippen LogP contribution in [0.4, 0.5) is 0 Å². The van der Waals surface area contributed by atoms with Crippen LogP contribution in [0.1, 0.15) is 65.7 Å². The van der Waals surface area contributed by atoms with E-state index < -0.39 is 23.4 Å². The van der Waals surface area contributed by atoms with Crippen molar-refractivity contribution in [3.05, 3.63) is 11.6 Å². The summed E-state index contributed by atoms with van der Waals surface area (Å²) in [6.45, 7) is 5.77. The molecule has 0 saturated heterocycles. The van der Waals surface area contributed by atoms with Crippen LogP contribution in [0.5, 0.6) is 0 Å². The molecule has 7 atom stereocenters. The third kappa shape index (κ3) is 2.09. The van der Waals surface area contributed by atoms with Gasteiger partial charge in [-0.15, -0.1) is 0 Å². The Balaban J connectivity index is 1.74. The van der Waals surface area contributed by atoms with Crippen molar-refractivity contribution in [2.24, 2.45) is 34.5 Å². The summed E-state index contributed by atoms with van der Waals surface area (Å²) in [6.07, 6.45) is 8.28. The maximum atomic E-state index is 12.5. The van der Waals surface area contributed by atoms with Crippen LogP contribution < -0.4 is 0 Å². The van der Waals surface area contributed by atoms with Crippen LogP contribution in [0.3, 0.4) is 0 Å². The summed E-state index contributed by atoms with van der Waals surface area (Å²) < 4.78 is 0. The minimum absolute atomic E-state index is 0.100. The SMILES string of the molecule is C[C@H]1C[C@H]2[C@@H]3CCC4CC(=O)CC[C@]4(C)C3=CC[C@]2(C)[C@@]1(O)C(=O)CO. The number of aliphatic hydroxyl groups is 2. The van der Waals surface area contributed by atoms with Crippen LogP contribution in [-0.4, -0.2) is 34.0 Å². The minimum atomic E-state index is -1.44. The average molecular weight is 360 g/mol. The summed E-state index contributed by atoms with van der Waals surface area (Å²) >= 11 is 0. The van der Waals surface area contributed by atoms with Crippen molar-refractivity contribution < 1.29 is 19.8 Å². The largest absolute Gasteiger partial charge is 0.388 e. The third-order valence-corrected chi connectivity index (χ3v) is 8.99. The number of Topliss-reactive ketones (excluding diaryl/α,β-unsaturated/α-hetero) is 2. The lowest BCUT2D eigenvalue weighted by molar-refractivity contribution is -0.162. The summed E-state index contributed by atoms with van der Waals surface area (Å²) in [5.74, 6) is 0.968. The summed E-state index contributed by atoms with van der Waals surface area (Å²) in [4.78, 5) is 24.5. The Morgan fingerprint density at radius 3 is 2.73 bits per heavy atom. The molecule has 0 spiro atoms. The third-order valence-electron chi connectivity index (χ3n) is 8.99. The van der Waals surface area contributed by atoms with E-state index in [1.165, 1.54) is 5.57 Å². The molecule has 26 heavy (non-hydrogen) atoms. The Kier molecular flexibility index (Phi) is 4.06. The first kappa shape index (κ1) is 18.4. The highest BCUT2D eigenvalue weighted by atomic mass is 16.3. The Morgan fingerprint density at radius 2 is 2.04 bits per heavy atom. The molecule has 0 radical (unpaired) electrons. The smallest absolute Gasteiger partial charge is 0.190 e. The van der Waals surface area contributed by atoms with E-state index in [1.807, 2.05) is 6.92 Å². The van der Waals surface area contributed by atoms with E-state index in [2.05, 4.69) is 19.9 Å². The summed E-state index contributed by atoms with van der Waals surface area (Å²) in [7, 11) is 0. The van der Waals surface area contributed by atoms with Gasteiger partial charge in [-0.25, -0.2) is 0 Å². The van der Waals surface area contributed by atoms with Crippen LogP contribution in [0, 0.1) is 34.5 Å². The zero-order valence-electron chi connectivity index (χ0n) is 16.3. The molecule has 0 aromatic rings. The number of hydrogen-bond donors (Lipinski definition) is 2. The fraction of sp³-hybridized carbons (Fsp3) is 0.818. The molecule has 4 nitrogen and oxygen atoms in total. The van der Waals surface area contributed by atoms with Gasteiger partial charge in [0.25, 0.3) is 0 Å². The molecule has 4 aliphatic rings. The standard InChI is InChI=1S/C22H32O4/c1-13-10-18-16-5-4-14-11-15(24)6-8-20(14,2)17(16)7-9-21(18,3)22(13,26)19(25)12-23/h7,13-14,16,18,23,26H,4-6,8-12H2,1-3H3/t13-,14?,16+,18-,20-,21-,22-/m0/s1. The van der Waals surface area contributed by atoms with Crippen molar-refractivity contribution >= 4 is 11.6 Å². The number of allylic oxidation sites excluding steroid dienone is 2. The molecule has 0 aliphatic heterocycles. The topological polar surface area (TPSA) is 74.6 Å². The van der Waals surface area contributed by atoms with Gasteiger partial charge in [0.05, 0.1) is 0 Å². The zero-order chi connectivity index (χ0) is 18.9. The van der Waals surface area contributed by atoms with Gasteiger partial charge >= 0.3 is 0 Å². The van der Waals surface area contributed by atoms with Gasteiger partial charge in [-0.3, -0.25) is 9.59 Å². The predicted octanol–water partition coefficient (Wildman–Crippen LogP) is 3.06. The lowest BCUT2D eigenvalue weighted by Gasteiger charge is -2.56. The van der Waals surface area contributed by atoms with Crippen molar-refractivity contribution in [1.82, 2.24) is 0 Å². The molecule has 0 bridgehead atoms. The fourth-order valence-electron chi connectivity index (χ4n) is 7.38. The second kappa shape index (κ2) is 5.75. The van der Waals surface area contributed by atoms with Crippen molar-refractivity contribution in [2.75, 3.05) is 6.61 Å². The van der Waals surface area contributed by atoms with Crippen LogP contribution in [0.2, 0.25) is 0 Å². The van der Waals surface area contributed by atoms with Gasteiger partial charge in [-0.1, -0.05) is 32.4 Å². The summed E-state index contributed by atoms with van der Waals surface area (Å²) in [5.41, 5.74) is -0.344. The molecule has 4 heteroatoms. The number of aliphatic hydroxyl groups excluding tert-OH is 1. The highest BCUT2D eigenvalue weighted by Gasteiger charge is 2.67. The van der Waals surface area contributed by atoms with Crippen molar-refractivity contribution in [2.45, 2.75) is 71.3 Å². The molecule has 144 valence electrons. The molecule has 1 unspecified atom stereocenters. The lowest BCUT2D eigenvalue weighted by Crippen LogP contribution is -2.58. The number of ketones is 2. The first-order valence-electron chi connectivity index (χ1n) is 10.3. The van der Waals surface area contributed by atoms with Crippen LogP contribution in [-0.2, 0) is 9.59 Å². The van der Waals surface area contributed by atoms with Gasteiger partial charge in [-0.05, 0) is 61.2 Å². The van der Waals surface area contributed by atoms with E-state index in [1.54, 1.807) is 0 Å². The van der Waals surface area contributed by atoms with E-state index in [4.69, 9.17) is 0 Å². The molecule has 4 aliphatic carbocycles. The Labute approximate surface area is 156 Å². The molecular weight excluding hydrogens is 328 g/mol. The Bertz CT molecular complexity index is 682. The van der Waals surface area contributed by atoms with Crippen molar-refractivity contribution in [1.29, 1.82) is 0 Å². The molecule has 0 heterocycles. The van der Waals surface area contributed by atoms with Crippen molar-refractivity contribution in [3.63, 3.8) is 0 Å². The van der Waals surface area contributed by atoms with Crippen LogP contribution in [0.15, 0.2) is 11.6 Å². The molecular formula is C22H32O4. The molecule has 2 N–H and O–H groups in total. The highest BCUT2D eigenvalue weighted by Crippen LogP contribution is 2.67. The molecule has 4 rings (SSSR count). The Hall–Kier alpha value is -1.00. The lowest BCUT2D eigenvalue weighted by atomic mass is 9.48. The van der Waals surface area contributed by atoms with Gasteiger partial charge in [0, 0.05) is 18.3 Å². The summed E-state index contributed by atoms with van der Waals surface area (Å²) in [6, 6.07) is 0. The van der Waals surface area contributed by atoms with Gasteiger partial charge in [0.1, 0.15) is 18.0 Å². The fourth-order valence-corrected chi connectivity index (χ4v) is 7.38. The van der Waals surface area contributed by atoms with E-state index in [9.17, 15) is 19.8 Å². The molecule has 0 aromatic heterocycles. The van der Waals surface area contributed by atoms with E-state index in [0.29, 0.717) is 36.9 Å². The average Bonchev–Trinajstić information content (AvgIpc) is 2.83. The van der Waals surface area contributed by atoms with Crippen LogP contribution >= 0.6 is 0 Å². The van der Waals surface area contributed by atoms with Gasteiger partial charge in [-0.2, -0.15) is 0 Å². The van der Waals surface area contributed by atoms with Gasteiger partial charge in [0.2, 0.25) is 0 Å². The Morgan fingerprint density at radius 1 is 1.31 bits per heavy atom. The maximum Gasteiger partial charge on any atom is 0.190 e. The molecule has 3 fully saturated rings. The monoisotopic (exact) mass is 360 g/mol. The number of carbonyl (C=O) groups excluding carboxylic acids is 2. The summed E-state index contributed by atoms with van der Waals surface area (Å²) in [5, 5.41) is 20.9. The van der Waals surface area contributed by atoms with Crippen LogP contribution in [0.25, 0.3) is 0 Å². The highest BCUT2D eigenvalue weighted by molar-refractivity contribution is 5.90. The number of fused-ring (bicyclic) bond motifs is 5. The van der Waals surface area contributed by atoms with E-state index in [-0.39, 0.29) is 17.3 Å². The second-order valence-corrected chi connectivity index (χ2v) is 9.91. The first-order valence-corrected chi connectivity index (χ1v) is 10.3. The van der Waals surface area contributed by atoms with E-state index >= 15 is 0 Å². The minimum Gasteiger partial charge on any atom is -0.388 e. The number of hydrogen-bond acceptors (Lipinski definition) is 4. The number of carbonyl (C=O) groups is 2. The van der Waals surface area contributed by atoms with Crippen molar-refractivity contribution in [3.8, 4) is 0 Å². The normalized spacial score (nSPS) is 50.5. The molecule has 0 aromatic carbocycles. The molecule has 3 saturated carbocycles. The van der Waals surface area contributed by atoms with Gasteiger partial charge < -0.3 is 10.2 Å². The molecule has 0 amide bonds. The maximum absolute atomic E-state index is 12.5. The zero-order valence-corrected chi connectivity index (χ0v) is 16.3. The first-order chi connectivity index (χ1) is 12.2. The van der Waals surface area contributed by atoms with E-state index in [0.717, 1.165) is 25.7 Å². The van der Waals surface area contributed by atoms with Gasteiger partial charge in [0.15, 0.2) is 5.78 Å². The predicted molar refractivity (Wildman–Crippen MR) is 98.3 cm³/mol.